The van der Waals surface area contributed by atoms with Crippen molar-refractivity contribution in [2.45, 2.75) is 51.4 Å². The highest BCUT2D eigenvalue weighted by atomic mass is 16.7. The van der Waals surface area contributed by atoms with Crippen LogP contribution in [0.5, 0.6) is 11.5 Å². The highest BCUT2D eigenvalue weighted by Gasteiger charge is 2.14. The molecule has 0 aromatic heterocycles. The van der Waals surface area contributed by atoms with E-state index in [1.165, 1.54) is 25.7 Å². The Hall–Kier alpha value is -2.49. The van der Waals surface area contributed by atoms with Gasteiger partial charge in [-0.15, -0.1) is 0 Å². The molecule has 4 nitrogen and oxygen atoms in total. The highest BCUT2D eigenvalue weighted by molar-refractivity contribution is 5.88. The maximum Gasteiger partial charge on any atom is 0.246 e. The second-order valence-electron chi connectivity index (χ2n) is 7.33. The average Bonchev–Trinajstić information content (AvgIpc) is 3.40. The fraction of sp³-hybridized carbons (Fsp3) is 0.458. The van der Waals surface area contributed by atoms with Crippen LogP contribution in [0.15, 0.2) is 48.6 Å². The molecule has 0 aliphatic carbocycles. The third kappa shape index (κ3) is 6.59. The summed E-state index contributed by atoms with van der Waals surface area (Å²) in [7, 11) is 0. The monoisotopic (exact) mass is 381 g/mol. The summed E-state index contributed by atoms with van der Waals surface area (Å²) in [6.07, 6.45) is 21.5. The first-order chi connectivity index (χ1) is 13.8. The van der Waals surface area contributed by atoms with Gasteiger partial charge >= 0.3 is 0 Å². The van der Waals surface area contributed by atoms with Crippen LogP contribution in [0.3, 0.4) is 0 Å². The molecule has 0 radical (unpaired) electrons. The summed E-state index contributed by atoms with van der Waals surface area (Å²) >= 11 is 0. The molecule has 2 aliphatic heterocycles. The summed E-state index contributed by atoms with van der Waals surface area (Å²) in [5, 5.41) is 0. The smallest absolute Gasteiger partial charge is 0.246 e. The fourth-order valence-corrected chi connectivity index (χ4v) is 3.47. The van der Waals surface area contributed by atoms with E-state index in [-0.39, 0.29) is 5.91 Å². The largest absolute Gasteiger partial charge is 0.454 e. The maximum atomic E-state index is 11.8. The summed E-state index contributed by atoms with van der Waals surface area (Å²) in [5.41, 5.74) is 1.16. The van der Waals surface area contributed by atoms with Gasteiger partial charge in [0.2, 0.25) is 12.7 Å². The van der Waals surface area contributed by atoms with Crippen LogP contribution in [0.1, 0.15) is 56.9 Å². The maximum absolute atomic E-state index is 11.8. The molecule has 1 amide bonds. The number of fused-ring (bicyclic) bond motifs is 1. The van der Waals surface area contributed by atoms with Gasteiger partial charge in [-0.2, -0.15) is 0 Å². The van der Waals surface area contributed by atoms with Gasteiger partial charge in [0.05, 0.1) is 0 Å². The number of hydrogen-bond acceptors (Lipinski definition) is 3. The lowest BCUT2D eigenvalue weighted by atomic mass is 10.1. The Morgan fingerprint density at radius 2 is 1.68 bits per heavy atom. The van der Waals surface area contributed by atoms with Crippen molar-refractivity contribution < 1.29 is 14.3 Å². The minimum absolute atomic E-state index is 0.149. The van der Waals surface area contributed by atoms with Gasteiger partial charge in [-0.05, 0) is 56.2 Å². The van der Waals surface area contributed by atoms with E-state index in [1.807, 2.05) is 29.2 Å². The average molecular weight is 382 g/mol. The summed E-state index contributed by atoms with van der Waals surface area (Å²) in [5.74, 6) is 1.82. The van der Waals surface area contributed by atoms with E-state index >= 15 is 0 Å². The molecular weight excluding hydrogens is 350 g/mol. The van der Waals surface area contributed by atoms with E-state index in [0.29, 0.717) is 6.79 Å². The minimum atomic E-state index is 0.149. The Morgan fingerprint density at radius 1 is 0.929 bits per heavy atom. The number of ether oxygens (including phenoxy) is 2. The lowest BCUT2D eigenvalue weighted by molar-refractivity contribution is -0.124. The summed E-state index contributed by atoms with van der Waals surface area (Å²) in [6, 6.07) is 6.05. The van der Waals surface area contributed by atoms with Crippen LogP contribution in [0.25, 0.3) is 6.08 Å². The Bertz CT molecular complexity index is 715. The van der Waals surface area contributed by atoms with Crippen LogP contribution in [0.4, 0.5) is 0 Å². The molecule has 150 valence electrons. The Morgan fingerprint density at radius 3 is 2.50 bits per heavy atom. The molecule has 2 aliphatic rings. The number of allylic oxidation sites excluding steroid dienone is 4. The lowest BCUT2D eigenvalue weighted by Crippen LogP contribution is -2.25. The van der Waals surface area contributed by atoms with E-state index < -0.39 is 0 Å². The van der Waals surface area contributed by atoms with E-state index in [1.54, 1.807) is 6.08 Å². The predicted octanol–water partition coefficient (Wildman–Crippen LogP) is 5.50. The van der Waals surface area contributed by atoms with Crippen molar-refractivity contribution in [2.75, 3.05) is 19.9 Å². The zero-order chi connectivity index (χ0) is 19.4. The molecule has 1 fully saturated rings. The Balaban J connectivity index is 1.19. The van der Waals surface area contributed by atoms with Gasteiger partial charge in [0, 0.05) is 19.2 Å². The van der Waals surface area contributed by atoms with Crippen molar-refractivity contribution in [3.63, 3.8) is 0 Å². The quantitative estimate of drug-likeness (QED) is 0.305. The van der Waals surface area contributed by atoms with E-state index in [9.17, 15) is 4.79 Å². The van der Waals surface area contributed by atoms with Gasteiger partial charge in [-0.1, -0.05) is 49.3 Å². The van der Waals surface area contributed by atoms with Gasteiger partial charge in [-0.25, -0.2) is 0 Å². The zero-order valence-electron chi connectivity index (χ0n) is 16.6. The molecule has 0 atom stereocenters. The first-order valence-corrected chi connectivity index (χ1v) is 10.5. The van der Waals surface area contributed by atoms with Gasteiger partial charge in [-0.3, -0.25) is 4.79 Å². The van der Waals surface area contributed by atoms with Crippen LogP contribution >= 0.6 is 0 Å². The summed E-state index contributed by atoms with van der Waals surface area (Å²) in [4.78, 5) is 13.8. The van der Waals surface area contributed by atoms with E-state index in [2.05, 4.69) is 24.3 Å². The van der Waals surface area contributed by atoms with Gasteiger partial charge in [0.25, 0.3) is 0 Å². The van der Waals surface area contributed by atoms with Gasteiger partial charge in [0.1, 0.15) is 0 Å². The molecule has 1 aromatic carbocycles. The zero-order valence-corrected chi connectivity index (χ0v) is 16.6. The van der Waals surface area contributed by atoms with Gasteiger partial charge < -0.3 is 14.4 Å². The topological polar surface area (TPSA) is 38.8 Å². The number of benzene rings is 1. The third-order valence-corrected chi connectivity index (χ3v) is 5.10. The highest BCUT2D eigenvalue weighted by Crippen LogP contribution is 2.32. The van der Waals surface area contributed by atoms with E-state index in [0.717, 1.165) is 55.8 Å². The lowest BCUT2D eigenvalue weighted by Gasteiger charge is -2.11. The molecule has 4 heteroatoms. The van der Waals surface area contributed by atoms with E-state index in [4.69, 9.17) is 9.47 Å². The Labute approximate surface area is 168 Å². The number of nitrogens with zero attached hydrogens (tertiary/aromatic N) is 1. The van der Waals surface area contributed by atoms with Crippen LogP contribution in [-0.4, -0.2) is 30.7 Å². The standard InChI is InChI=1S/C24H31NO3/c26-24(25-17-11-12-18-25)14-10-8-6-4-2-1-3-5-7-9-13-21-15-16-22-23(19-21)28-20-27-22/h6,8-10,13-16,19H,1-5,7,11-12,17-18,20H2. The van der Waals surface area contributed by atoms with Crippen molar-refractivity contribution in [1.29, 1.82) is 0 Å². The second-order valence-corrected chi connectivity index (χ2v) is 7.33. The number of unbranched alkanes of at least 4 members (excludes halogenated alkanes) is 5. The molecule has 3 rings (SSSR count). The molecule has 1 saturated heterocycles. The first-order valence-electron chi connectivity index (χ1n) is 10.5. The van der Waals surface area contributed by atoms with Crippen molar-refractivity contribution in [1.82, 2.24) is 4.90 Å². The molecule has 0 bridgehead atoms. The molecular formula is C24H31NO3. The summed E-state index contributed by atoms with van der Waals surface area (Å²) in [6.45, 7) is 2.16. The van der Waals surface area contributed by atoms with Crippen molar-refractivity contribution in [3.8, 4) is 11.5 Å². The molecule has 0 N–H and O–H groups in total. The van der Waals surface area contributed by atoms with Crippen molar-refractivity contribution in [2.24, 2.45) is 0 Å². The van der Waals surface area contributed by atoms with Crippen LogP contribution in [0.2, 0.25) is 0 Å². The summed E-state index contributed by atoms with van der Waals surface area (Å²) < 4.78 is 10.7. The fourth-order valence-electron chi connectivity index (χ4n) is 3.47. The number of amides is 1. The SMILES string of the molecule is O=C(C=CC=CCCCCCCC=Cc1ccc2c(c1)OCO2)N1CCCC1. The molecule has 0 unspecified atom stereocenters. The van der Waals surface area contributed by atoms with Crippen molar-refractivity contribution >= 4 is 12.0 Å². The van der Waals surface area contributed by atoms with Crippen molar-refractivity contribution in [3.05, 3.63) is 54.1 Å². The first kappa shape index (κ1) is 20.2. The normalized spacial score (nSPS) is 16.2. The molecule has 0 saturated carbocycles. The second kappa shape index (κ2) is 11.4. The van der Waals surface area contributed by atoms with Crippen LogP contribution < -0.4 is 9.47 Å². The number of rotatable bonds is 10. The number of hydrogen-bond donors (Lipinski definition) is 0. The third-order valence-electron chi connectivity index (χ3n) is 5.10. The molecule has 2 heterocycles. The molecule has 28 heavy (non-hydrogen) atoms. The minimum Gasteiger partial charge on any atom is -0.454 e. The molecule has 0 spiro atoms. The van der Waals surface area contributed by atoms with Crippen LogP contribution in [-0.2, 0) is 4.79 Å². The predicted molar refractivity (Wildman–Crippen MR) is 113 cm³/mol. The molecule has 1 aromatic rings. The van der Waals surface area contributed by atoms with Gasteiger partial charge in [0.15, 0.2) is 11.5 Å². The Kier molecular flexibility index (Phi) is 8.23. The number of carbonyl (C=O) groups is 1. The van der Waals surface area contributed by atoms with Crippen LogP contribution in [0, 0.1) is 0 Å². The number of likely N-dealkylation sites (tertiary alicyclic amines) is 1. The number of carbonyl (C=O) groups excluding carboxylic acids is 1.